The summed E-state index contributed by atoms with van der Waals surface area (Å²) in [5.74, 6) is -0.537. The molecule has 1 aliphatic heterocycles. The first-order chi connectivity index (χ1) is 14.2. The van der Waals surface area contributed by atoms with Crippen LogP contribution in [0.4, 0.5) is 0 Å². The van der Waals surface area contributed by atoms with E-state index in [0.29, 0.717) is 13.0 Å². The molecule has 3 unspecified atom stereocenters. The van der Waals surface area contributed by atoms with Gasteiger partial charge in [-0.15, -0.1) is 0 Å². The van der Waals surface area contributed by atoms with Crippen molar-refractivity contribution in [2.75, 3.05) is 13.2 Å². The topological polar surface area (TPSA) is 221 Å². The molecular weight excluding hydrogens is 494 g/mol. The lowest BCUT2D eigenvalue weighted by atomic mass is 9.75. The number of ether oxygens (including phenoxy) is 2. The number of phosphoric ester groups is 1. The maximum atomic E-state index is 12.7. The van der Waals surface area contributed by atoms with Crippen LogP contribution >= 0.6 is 23.5 Å². The molecule has 1 saturated heterocycles. The van der Waals surface area contributed by atoms with Crippen molar-refractivity contribution in [2.45, 2.75) is 58.7 Å². The third kappa shape index (κ3) is 10.4. The van der Waals surface area contributed by atoms with Gasteiger partial charge in [-0.25, -0.2) is 13.7 Å². The lowest BCUT2D eigenvalue weighted by Gasteiger charge is -2.33. The summed E-state index contributed by atoms with van der Waals surface area (Å²) in [4.78, 5) is 48.6. The number of hydrogen-bond donors (Lipinski definition) is 5. The van der Waals surface area contributed by atoms with Crippen LogP contribution in [0, 0.1) is 10.8 Å². The summed E-state index contributed by atoms with van der Waals surface area (Å²) >= 11 is 0. The Hall–Kier alpha value is -0.135. The Morgan fingerprint density at radius 3 is 2.16 bits per heavy atom. The second-order valence-corrected chi connectivity index (χ2v) is 13.4. The van der Waals surface area contributed by atoms with Crippen LogP contribution in [0.5, 0.6) is 0 Å². The number of esters is 1. The zero-order valence-electron chi connectivity index (χ0n) is 18.4. The lowest BCUT2D eigenvalue weighted by Crippen LogP contribution is -2.39. The van der Waals surface area contributed by atoms with Crippen LogP contribution in [0.25, 0.3) is 0 Å². The first-order valence-corrected chi connectivity index (χ1v) is 14.0. The minimum Gasteiger partial charge on any atom is -0.459 e. The third-order valence-corrected chi connectivity index (χ3v) is 8.29. The van der Waals surface area contributed by atoms with Gasteiger partial charge in [0.2, 0.25) is 0 Å². The molecule has 6 N–H and O–H groups in total. The van der Waals surface area contributed by atoms with Gasteiger partial charge in [-0.05, 0) is 32.2 Å². The first kappa shape index (κ1) is 29.9. The predicted molar refractivity (Wildman–Crippen MR) is 113 cm³/mol. The summed E-state index contributed by atoms with van der Waals surface area (Å²) < 4.78 is 56.9. The van der Waals surface area contributed by atoms with Crippen LogP contribution in [0.1, 0.15) is 40.5 Å². The van der Waals surface area contributed by atoms with E-state index in [9.17, 15) is 28.3 Å². The Balaban J connectivity index is 2.78. The molecule has 0 amide bonds. The minimum absolute atomic E-state index is 0.256. The Bertz CT molecular complexity index is 816. The maximum Gasteiger partial charge on any atom is 0.490 e. The highest BCUT2D eigenvalue weighted by atomic mass is 31.3. The van der Waals surface area contributed by atoms with Crippen molar-refractivity contribution < 1.29 is 60.7 Å². The van der Waals surface area contributed by atoms with Crippen molar-refractivity contribution >= 4 is 37.3 Å². The third-order valence-electron chi connectivity index (χ3n) is 4.49. The van der Waals surface area contributed by atoms with Crippen molar-refractivity contribution in [2.24, 2.45) is 16.6 Å². The maximum absolute atomic E-state index is 12.7. The van der Waals surface area contributed by atoms with Gasteiger partial charge >= 0.3 is 29.4 Å². The van der Waals surface area contributed by atoms with Crippen LogP contribution in [-0.4, -0.2) is 64.8 Å². The zero-order chi connectivity index (χ0) is 25.2. The fourth-order valence-corrected chi connectivity index (χ4v) is 6.33. The molecule has 0 aromatic heterocycles. The quantitative estimate of drug-likeness (QED) is 0.132. The number of rotatable bonds is 12. The van der Waals surface area contributed by atoms with Crippen molar-refractivity contribution in [3.8, 4) is 0 Å². The average Bonchev–Trinajstić information content (AvgIpc) is 2.88. The second-order valence-electron chi connectivity index (χ2n) is 8.98. The molecule has 18 heteroatoms. The summed E-state index contributed by atoms with van der Waals surface area (Å²) in [6.07, 6.45) is -1.18. The molecule has 0 aromatic carbocycles. The van der Waals surface area contributed by atoms with E-state index in [0.717, 1.165) is 0 Å². The highest BCUT2D eigenvalue weighted by Gasteiger charge is 2.44. The van der Waals surface area contributed by atoms with E-state index in [2.05, 4.69) is 13.1 Å². The Labute approximate surface area is 187 Å². The summed E-state index contributed by atoms with van der Waals surface area (Å²) in [5.41, 5.74) is 4.52. The molecular formula is C14H31BNO13P3. The highest BCUT2D eigenvalue weighted by molar-refractivity contribution is 7.66. The molecule has 1 rings (SSSR count). The van der Waals surface area contributed by atoms with Gasteiger partial charge in [-0.1, -0.05) is 13.8 Å². The summed E-state index contributed by atoms with van der Waals surface area (Å²) in [5, 5.41) is 0. The molecule has 0 radical (unpaired) electrons. The minimum atomic E-state index is -5.63. The molecule has 14 nitrogen and oxygen atoms in total. The van der Waals surface area contributed by atoms with Gasteiger partial charge in [-0.2, -0.15) is 8.62 Å². The van der Waals surface area contributed by atoms with E-state index in [1.165, 1.54) is 0 Å². The highest BCUT2D eigenvalue weighted by Crippen LogP contribution is 2.66. The number of phosphoric acid groups is 3. The largest absolute Gasteiger partial charge is 0.490 e. The molecule has 1 heterocycles. The SMILES string of the molecule is B[C@H]1C[C@@H](OC(=O)C(C)(C)CC(C)(C)CN)C(COP(=O)(O)OP(=O)(O)OP(=O)(O)O)O1. The van der Waals surface area contributed by atoms with Gasteiger partial charge in [0.15, 0.2) is 0 Å². The van der Waals surface area contributed by atoms with E-state index >= 15 is 0 Å². The van der Waals surface area contributed by atoms with E-state index in [1.807, 2.05) is 13.8 Å². The molecule has 0 bridgehead atoms. The van der Waals surface area contributed by atoms with Gasteiger partial charge < -0.3 is 34.8 Å². The molecule has 0 aromatic rings. The van der Waals surface area contributed by atoms with Crippen LogP contribution < -0.4 is 5.73 Å². The fraction of sp³-hybridized carbons (Fsp3) is 0.929. The Kier molecular flexibility index (Phi) is 9.94. The van der Waals surface area contributed by atoms with Gasteiger partial charge in [0, 0.05) is 12.4 Å². The van der Waals surface area contributed by atoms with Gasteiger partial charge in [0.25, 0.3) is 0 Å². The van der Waals surface area contributed by atoms with Crippen LogP contribution in [-0.2, 0) is 41.1 Å². The smallest absolute Gasteiger partial charge is 0.459 e. The zero-order valence-corrected chi connectivity index (χ0v) is 21.1. The van der Waals surface area contributed by atoms with Gasteiger partial charge in [0.1, 0.15) is 20.1 Å². The number of carbonyl (C=O) groups is 1. The number of nitrogens with two attached hydrogens (primary N) is 1. The second kappa shape index (κ2) is 10.6. The summed E-state index contributed by atoms with van der Waals surface area (Å²) in [6, 6.07) is -0.397. The molecule has 0 spiro atoms. The van der Waals surface area contributed by atoms with E-state index < -0.39 is 59.7 Å². The van der Waals surface area contributed by atoms with Gasteiger partial charge in [-0.3, -0.25) is 9.32 Å². The van der Waals surface area contributed by atoms with Crippen LogP contribution in [0.3, 0.4) is 0 Å². The molecule has 0 aliphatic carbocycles. The number of hydrogen-bond acceptors (Lipinski definition) is 10. The van der Waals surface area contributed by atoms with Crippen LogP contribution in [0.15, 0.2) is 0 Å². The lowest BCUT2D eigenvalue weighted by molar-refractivity contribution is -0.164. The van der Waals surface area contributed by atoms with Crippen molar-refractivity contribution in [1.82, 2.24) is 0 Å². The van der Waals surface area contributed by atoms with Crippen molar-refractivity contribution in [1.29, 1.82) is 0 Å². The fourth-order valence-electron chi connectivity index (χ4n) is 3.30. The average molecular weight is 525 g/mol. The predicted octanol–water partition coefficient (Wildman–Crippen LogP) is 0.391. The number of carbonyl (C=O) groups excluding carboxylic acids is 1. The monoisotopic (exact) mass is 525 g/mol. The first-order valence-electron chi connectivity index (χ1n) is 9.52. The summed E-state index contributed by atoms with van der Waals surface area (Å²) in [6.45, 7) is 6.89. The molecule has 1 aliphatic rings. The molecule has 0 saturated carbocycles. The van der Waals surface area contributed by atoms with Crippen molar-refractivity contribution in [3.63, 3.8) is 0 Å². The van der Waals surface area contributed by atoms with Crippen molar-refractivity contribution in [3.05, 3.63) is 0 Å². The Morgan fingerprint density at radius 2 is 1.66 bits per heavy atom. The van der Waals surface area contributed by atoms with E-state index in [-0.39, 0.29) is 11.8 Å². The normalized spacial score (nSPS) is 26.3. The van der Waals surface area contributed by atoms with Gasteiger partial charge in [0.05, 0.1) is 12.0 Å². The molecule has 32 heavy (non-hydrogen) atoms. The molecule has 1 fully saturated rings. The Morgan fingerprint density at radius 1 is 1.09 bits per heavy atom. The van der Waals surface area contributed by atoms with E-state index in [4.69, 9.17) is 25.0 Å². The van der Waals surface area contributed by atoms with Crippen LogP contribution in [0.2, 0.25) is 0 Å². The molecule has 188 valence electrons. The summed E-state index contributed by atoms with van der Waals surface area (Å²) in [7, 11) is -14.8. The van der Waals surface area contributed by atoms with E-state index in [1.54, 1.807) is 21.7 Å². The standard InChI is InChI=1S/C14H31BNO13P3/c1-13(2,8-16)7-14(3,4)12(17)27-9-5-11(15)26-10(9)6-25-31(21,22)29-32(23,24)28-30(18,19)20/h9-11H,5-8,15-16H2,1-4H3,(H,21,22)(H,23,24)(H2,18,19,20)/t9-,10?,11-/m1/s1. The molecule has 5 atom stereocenters.